The zero-order valence-corrected chi connectivity index (χ0v) is 18.5. The van der Waals surface area contributed by atoms with Crippen LogP contribution in [0.4, 0.5) is 19.1 Å². The molecule has 1 saturated heterocycles. The van der Waals surface area contributed by atoms with E-state index >= 15 is 0 Å². The number of halogens is 3. The Hall–Kier alpha value is -3.43. The molecular formula is C23H25F3N6O. The summed E-state index contributed by atoms with van der Waals surface area (Å²) in [4.78, 5) is 25.5. The second-order valence-electron chi connectivity index (χ2n) is 8.32. The van der Waals surface area contributed by atoms with E-state index in [1.54, 1.807) is 34.2 Å². The van der Waals surface area contributed by atoms with E-state index in [4.69, 9.17) is 4.98 Å². The maximum absolute atomic E-state index is 13.0. The predicted molar refractivity (Wildman–Crippen MR) is 118 cm³/mol. The lowest BCUT2D eigenvalue weighted by Crippen LogP contribution is -2.41. The molecule has 1 aliphatic rings. The highest BCUT2D eigenvalue weighted by Crippen LogP contribution is 2.36. The number of benzene rings is 1. The van der Waals surface area contributed by atoms with Crippen molar-refractivity contribution in [1.29, 1.82) is 0 Å². The molecule has 0 bridgehead atoms. The van der Waals surface area contributed by atoms with Crippen molar-refractivity contribution in [1.82, 2.24) is 24.6 Å². The average molecular weight is 458 g/mol. The number of likely N-dealkylation sites (tertiary alicyclic amines) is 1. The minimum absolute atomic E-state index is 0.0265. The first-order valence-corrected chi connectivity index (χ1v) is 10.7. The number of piperidine rings is 1. The molecule has 1 aliphatic heterocycles. The lowest BCUT2D eigenvalue weighted by molar-refractivity contribution is -0.137. The first-order chi connectivity index (χ1) is 15.7. The fraction of sp³-hybridized carbons (Fsp3) is 0.391. The van der Waals surface area contributed by atoms with Gasteiger partial charge in [0, 0.05) is 57.3 Å². The van der Waals surface area contributed by atoms with E-state index in [1.807, 2.05) is 19.0 Å². The van der Waals surface area contributed by atoms with E-state index in [0.29, 0.717) is 30.2 Å². The molecule has 4 rings (SSSR count). The van der Waals surface area contributed by atoms with Crippen LogP contribution in [-0.2, 0) is 17.5 Å². The number of hydrogen-bond donors (Lipinski definition) is 0. The van der Waals surface area contributed by atoms with Gasteiger partial charge in [-0.1, -0.05) is 12.1 Å². The van der Waals surface area contributed by atoms with Crippen molar-refractivity contribution in [3.05, 3.63) is 60.2 Å². The van der Waals surface area contributed by atoms with Crippen LogP contribution in [0.5, 0.6) is 0 Å². The minimum atomic E-state index is -4.40. The van der Waals surface area contributed by atoms with Crippen molar-refractivity contribution in [3.63, 3.8) is 0 Å². The number of nitrogens with zero attached hydrogens (tertiary/aromatic N) is 6. The van der Waals surface area contributed by atoms with Crippen molar-refractivity contribution >= 4 is 11.9 Å². The van der Waals surface area contributed by atoms with Gasteiger partial charge in [0.2, 0.25) is 11.9 Å². The summed E-state index contributed by atoms with van der Waals surface area (Å²) in [6, 6.07) is 6.80. The van der Waals surface area contributed by atoms with Gasteiger partial charge in [-0.3, -0.25) is 9.48 Å². The van der Waals surface area contributed by atoms with Gasteiger partial charge in [0.15, 0.2) is 0 Å². The number of anilines is 1. The number of amides is 1. The molecular weight excluding hydrogens is 433 g/mol. The Bertz CT molecular complexity index is 1100. The minimum Gasteiger partial charge on any atom is -0.347 e. The normalized spacial score (nSPS) is 16.6. The van der Waals surface area contributed by atoms with E-state index in [2.05, 4.69) is 10.1 Å². The van der Waals surface area contributed by atoms with E-state index in [1.165, 1.54) is 12.1 Å². The van der Waals surface area contributed by atoms with Crippen LogP contribution in [0.3, 0.4) is 0 Å². The molecule has 0 spiro atoms. The third-order valence-electron chi connectivity index (χ3n) is 5.75. The summed E-state index contributed by atoms with van der Waals surface area (Å²) in [5, 5.41) is 4.10. The van der Waals surface area contributed by atoms with Gasteiger partial charge in [0.25, 0.3) is 0 Å². The molecule has 174 valence electrons. The molecule has 0 unspecified atom stereocenters. The molecule has 0 aliphatic carbocycles. The standard InChI is InChI=1S/C23H25F3N6O/c1-30(2)22-27-13-19(16-6-8-18(9-7-16)23(24,25)26)21(29-22)17-5-3-11-31(14-17)20(33)15-32-12-4-10-28-32/h4,6-10,12-13,17H,3,5,11,14-15H2,1-2H3/t17-/m1/s1. The lowest BCUT2D eigenvalue weighted by atomic mass is 9.89. The van der Waals surface area contributed by atoms with Gasteiger partial charge in [-0.2, -0.15) is 18.3 Å². The largest absolute Gasteiger partial charge is 0.416 e. The maximum atomic E-state index is 13.0. The summed E-state index contributed by atoms with van der Waals surface area (Å²) in [5.41, 5.74) is 1.33. The Morgan fingerprint density at radius 2 is 1.97 bits per heavy atom. The summed E-state index contributed by atoms with van der Waals surface area (Å²) in [7, 11) is 3.66. The van der Waals surface area contributed by atoms with E-state index in [-0.39, 0.29) is 18.4 Å². The summed E-state index contributed by atoms with van der Waals surface area (Å²) in [5.74, 6) is 0.432. The Balaban J connectivity index is 1.63. The fourth-order valence-corrected chi connectivity index (χ4v) is 4.03. The number of aromatic nitrogens is 4. The maximum Gasteiger partial charge on any atom is 0.416 e. The molecule has 1 fully saturated rings. The number of alkyl halides is 3. The summed E-state index contributed by atoms with van der Waals surface area (Å²) in [6.45, 7) is 1.30. The third kappa shape index (κ3) is 5.15. The predicted octanol–water partition coefficient (Wildman–Crippen LogP) is 3.83. The lowest BCUT2D eigenvalue weighted by Gasteiger charge is -2.33. The van der Waals surface area contributed by atoms with E-state index < -0.39 is 11.7 Å². The van der Waals surface area contributed by atoms with Crippen LogP contribution in [0.1, 0.15) is 30.0 Å². The quantitative estimate of drug-likeness (QED) is 0.581. The molecule has 1 aromatic carbocycles. The Morgan fingerprint density at radius 1 is 1.21 bits per heavy atom. The van der Waals surface area contributed by atoms with Crippen LogP contribution in [0, 0.1) is 0 Å². The van der Waals surface area contributed by atoms with Crippen LogP contribution < -0.4 is 4.90 Å². The van der Waals surface area contributed by atoms with E-state index in [0.717, 1.165) is 30.7 Å². The average Bonchev–Trinajstić information content (AvgIpc) is 3.31. The second-order valence-corrected chi connectivity index (χ2v) is 8.32. The summed E-state index contributed by atoms with van der Waals surface area (Å²) >= 11 is 0. The first-order valence-electron chi connectivity index (χ1n) is 10.7. The second kappa shape index (κ2) is 9.21. The SMILES string of the molecule is CN(C)c1ncc(-c2ccc(C(F)(F)F)cc2)c([C@@H]2CCCN(C(=O)Cn3cccn3)C2)n1. The van der Waals surface area contributed by atoms with Gasteiger partial charge in [-0.15, -0.1) is 0 Å². The van der Waals surface area contributed by atoms with Gasteiger partial charge in [-0.05, 0) is 36.6 Å². The smallest absolute Gasteiger partial charge is 0.347 e. The van der Waals surface area contributed by atoms with Crippen LogP contribution in [0.25, 0.3) is 11.1 Å². The zero-order chi connectivity index (χ0) is 23.6. The highest BCUT2D eigenvalue weighted by molar-refractivity contribution is 5.76. The van der Waals surface area contributed by atoms with Crippen molar-refractivity contribution < 1.29 is 18.0 Å². The highest BCUT2D eigenvalue weighted by atomic mass is 19.4. The van der Waals surface area contributed by atoms with Crippen LogP contribution in [0.2, 0.25) is 0 Å². The molecule has 7 nitrogen and oxygen atoms in total. The summed E-state index contributed by atoms with van der Waals surface area (Å²) in [6.07, 6.45) is 2.27. The number of carbonyl (C=O) groups excluding carboxylic acids is 1. The van der Waals surface area contributed by atoms with Gasteiger partial charge in [0.1, 0.15) is 6.54 Å². The highest BCUT2D eigenvalue weighted by Gasteiger charge is 2.31. The monoisotopic (exact) mass is 458 g/mol. The van der Waals surface area contributed by atoms with Crippen molar-refractivity contribution in [2.75, 3.05) is 32.1 Å². The molecule has 0 radical (unpaired) electrons. The molecule has 0 N–H and O–H groups in total. The van der Waals surface area contributed by atoms with Crippen molar-refractivity contribution in [3.8, 4) is 11.1 Å². The van der Waals surface area contributed by atoms with Gasteiger partial charge < -0.3 is 9.80 Å². The molecule has 10 heteroatoms. The molecule has 1 amide bonds. The topological polar surface area (TPSA) is 67.2 Å². The van der Waals surface area contributed by atoms with Crippen molar-refractivity contribution in [2.45, 2.75) is 31.5 Å². The molecule has 1 atom stereocenters. The van der Waals surface area contributed by atoms with Crippen molar-refractivity contribution in [2.24, 2.45) is 0 Å². The molecule has 2 aromatic heterocycles. The van der Waals surface area contributed by atoms with Gasteiger partial charge in [-0.25, -0.2) is 9.97 Å². The van der Waals surface area contributed by atoms with Gasteiger partial charge in [0.05, 0.1) is 11.3 Å². The third-order valence-corrected chi connectivity index (χ3v) is 5.75. The zero-order valence-electron chi connectivity index (χ0n) is 18.5. The van der Waals surface area contributed by atoms with Crippen LogP contribution in [-0.4, -0.2) is 57.7 Å². The molecule has 0 saturated carbocycles. The Morgan fingerprint density at radius 3 is 2.61 bits per heavy atom. The van der Waals surface area contributed by atoms with Crippen LogP contribution >= 0.6 is 0 Å². The molecule has 3 aromatic rings. The van der Waals surface area contributed by atoms with Gasteiger partial charge >= 0.3 is 6.18 Å². The number of rotatable bonds is 5. The first kappa shape index (κ1) is 22.8. The van der Waals surface area contributed by atoms with Crippen LogP contribution in [0.15, 0.2) is 48.9 Å². The Labute approximate surface area is 189 Å². The Kier molecular flexibility index (Phi) is 6.35. The van der Waals surface area contributed by atoms with E-state index in [9.17, 15) is 18.0 Å². The molecule has 3 heterocycles. The number of carbonyl (C=O) groups is 1. The number of hydrogen-bond acceptors (Lipinski definition) is 5. The molecule has 33 heavy (non-hydrogen) atoms. The summed E-state index contributed by atoms with van der Waals surface area (Å²) < 4.78 is 40.6. The fourth-order valence-electron chi connectivity index (χ4n) is 4.03.